The van der Waals surface area contributed by atoms with Crippen LogP contribution in [-0.2, 0) is 4.79 Å². The molecule has 2 heterocycles. The zero-order valence-electron chi connectivity index (χ0n) is 11.6. The molecule has 1 atom stereocenters. The van der Waals surface area contributed by atoms with Crippen molar-refractivity contribution in [2.24, 2.45) is 5.92 Å². The Morgan fingerprint density at radius 1 is 1.55 bits per heavy atom. The number of amides is 2. The van der Waals surface area contributed by atoms with Crippen LogP contribution in [-0.4, -0.2) is 40.1 Å². The molecule has 0 spiro atoms. The first-order valence-corrected chi connectivity index (χ1v) is 7.59. The van der Waals surface area contributed by atoms with E-state index < -0.39 is 11.9 Å². The maximum absolute atomic E-state index is 12.2. The Morgan fingerprint density at radius 2 is 2.30 bits per heavy atom. The summed E-state index contributed by atoms with van der Waals surface area (Å²) in [6.45, 7) is 4.95. The molecule has 0 bridgehead atoms. The summed E-state index contributed by atoms with van der Waals surface area (Å²) < 4.78 is 0. The summed E-state index contributed by atoms with van der Waals surface area (Å²) in [7, 11) is 0. The van der Waals surface area contributed by atoms with Gasteiger partial charge in [0.15, 0.2) is 0 Å². The molecule has 6 nitrogen and oxygen atoms in total. The maximum Gasteiger partial charge on any atom is 0.323 e. The second-order valence-electron chi connectivity index (χ2n) is 5.27. The Morgan fingerprint density at radius 3 is 2.95 bits per heavy atom. The molecule has 1 saturated heterocycles. The number of carbonyl (C=O) groups is 2. The van der Waals surface area contributed by atoms with E-state index >= 15 is 0 Å². The number of nitrogens with one attached hydrogen (secondary N) is 1. The van der Waals surface area contributed by atoms with Gasteiger partial charge in [0, 0.05) is 13.1 Å². The van der Waals surface area contributed by atoms with Crippen LogP contribution in [0.4, 0.5) is 10.6 Å². The second-order valence-corrected chi connectivity index (χ2v) is 6.16. The minimum atomic E-state index is -0.834. The van der Waals surface area contributed by atoms with Gasteiger partial charge in [-0.2, -0.15) is 0 Å². The van der Waals surface area contributed by atoms with Crippen molar-refractivity contribution in [2.45, 2.75) is 32.6 Å². The van der Waals surface area contributed by atoms with Crippen LogP contribution in [0.2, 0.25) is 0 Å². The zero-order valence-corrected chi connectivity index (χ0v) is 12.4. The van der Waals surface area contributed by atoms with E-state index in [1.165, 1.54) is 11.3 Å². The van der Waals surface area contributed by atoms with Gasteiger partial charge in [-0.25, -0.2) is 9.78 Å². The van der Waals surface area contributed by atoms with Crippen LogP contribution < -0.4 is 5.32 Å². The Bertz CT molecular complexity index is 501. The molecule has 0 saturated carbocycles. The predicted molar refractivity (Wildman–Crippen MR) is 77.2 cm³/mol. The second kappa shape index (κ2) is 6.21. The van der Waals surface area contributed by atoms with Gasteiger partial charge in [-0.1, -0.05) is 13.8 Å². The van der Waals surface area contributed by atoms with Crippen molar-refractivity contribution >= 4 is 29.2 Å². The fourth-order valence-electron chi connectivity index (χ4n) is 2.30. The van der Waals surface area contributed by atoms with Gasteiger partial charge < -0.3 is 10.0 Å². The average Bonchev–Trinajstić information content (AvgIpc) is 2.87. The summed E-state index contributed by atoms with van der Waals surface area (Å²) >= 11 is 1.51. The number of carboxylic acid groups (broad SMARTS) is 1. The van der Waals surface area contributed by atoms with Crippen molar-refractivity contribution in [3.8, 4) is 0 Å². The molecule has 110 valence electrons. The number of carbonyl (C=O) groups excluding carboxylic acids is 1. The van der Waals surface area contributed by atoms with Crippen LogP contribution in [0.5, 0.6) is 0 Å². The number of hydrogen-bond donors (Lipinski definition) is 2. The molecule has 2 N–H and O–H groups in total. The lowest BCUT2D eigenvalue weighted by atomic mass is 9.99. The van der Waals surface area contributed by atoms with E-state index in [1.807, 2.05) is 13.8 Å². The number of rotatable bonds is 3. The number of aromatic nitrogens is 1. The third kappa shape index (κ3) is 3.27. The number of urea groups is 1. The number of carboxylic acids is 1. The molecule has 1 aromatic rings. The molecule has 1 unspecified atom stereocenters. The lowest BCUT2D eigenvalue weighted by Crippen LogP contribution is -2.44. The highest BCUT2D eigenvalue weighted by Gasteiger charge is 2.28. The maximum atomic E-state index is 12.2. The average molecular weight is 297 g/mol. The Hall–Kier alpha value is -1.63. The summed E-state index contributed by atoms with van der Waals surface area (Å²) in [5.74, 6) is -0.410. The van der Waals surface area contributed by atoms with E-state index in [2.05, 4.69) is 10.3 Å². The van der Waals surface area contributed by atoms with E-state index in [1.54, 1.807) is 10.4 Å². The Labute approximate surface area is 121 Å². The van der Waals surface area contributed by atoms with Crippen LogP contribution >= 0.6 is 11.3 Å². The van der Waals surface area contributed by atoms with Crippen LogP contribution in [0, 0.1) is 5.92 Å². The summed E-state index contributed by atoms with van der Waals surface area (Å²) in [6, 6.07) is -0.260. The van der Waals surface area contributed by atoms with Crippen molar-refractivity contribution in [3.63, 3.8) is 0 Å². The van der Waals surface area contributed by atoms with E-state index in [9.17, 15) is 9.59 Å². The Balaban J connectivity index is 2.01. The third-order valence-corrected chi connectivity index (χ3v) is 4.53. The number of hydrogen-bond acceptors (Lipinski definition) is 4. The van der Waals surface area contributed by atoms with E-state index in [0.717, 1.165) is 11.3 Å². The van der Waals surface area contributed by atoms with Gasteiger partial charge in [0.25, 0.3) is 0 Å². The molecular formula is C13H19N3O3S. The summed E-state index contributed by atoms with van der Waals surface area (Å²) in [6.07, 6.45) is 1.35. The minimum Gasteiger partial charge on any atom is -0.481 e. The monoisotopic (exact) mass is 297 g/mol. The molecule has 0 radical (unpaired) electrons. The molecule has 7 heteroatoms. The van der Waals surface area contributed by atoms with Crippen molar-refractivity contribution in [1.29, 1.82) is 0 Å². The quantitative estimate of drug-likeness (QED) is 0.898. The fraction of sp³-hybridized carbons (Fsp3) is 0.615. The predicted octanol–water partition coefficient (Wildman–Crippen LogP) is 2.60. The Kier molecular flexibility index (Phi) is 4.59. The van der Waals surface area contributed by atoms with Crippen molar-refractivity contribution in [3.05, 3.63) is 10.4 Å². The molecule has 2 rings (SSSR count). The van der Waals surface area contributed by atoms with Crippen molar-refractivity contribution < 1.29 is 14.7 Å². The largest absolute Gasteiger partial charge is 0.481 e. The highest BCUT2D eigenvalue weighted by atomic mass is 32.1. The van der Waals surface area contributed by atoms with Gasteiger partial charge in [0.1, 0.15) is 5.82 Å². The number of piperidine rings is 1. The topological polar surface area (TPSA) is 82.5 Å². The lowest BCUT2D eigenvalue weighted by Gasteiger charge is -2.30. The smallest absolute Gasteiger partial charge is 0.323 e. The highest BCUT2D eigenvalue weighted by Crippen LogP contribution is 2.27. The minimum absolute atomic E-state index is 0.260. The number of anilines is 1. The number of nitrogens with zero attached hydrogens (tertiary/aromatic N) is 2. The summed E-state index contributed by atoms with van der Waals surface area (Å²) in [5.41, 5.74) is 1.71. The SMILES string of the molecule is CC(C)c1scnc1NC(=O)N1CCCC(C(=O)O)C1. The zero-order chi connectivity index (χ0) is 14.7. The van der Waals surface area contributed by atoms with Crippen LogP contribution in [0.15, 0.2) is 5.51 Å². The lowest BCUT2D eigenvalue weighted by molar-refractivity contribution is -0.143. The van der Waals surface area contributed by atoms with Crippen LogP contribution in [0.1, 0.15) is 37.5 Å². The standard InChI is InChI=1S/C13H19N3O3S/c1-8(2)10-11(14-7-20-10)15-13(19)16-5-3-4-9(6-16)12(17)18/h7-9H,3-6H2,1-2H3,(H,15,19)(H,17,18). The van der Waals surface area contributed by atoms with E-state index in [0.29, 0.717) is 24.7 Å². The molecule has 0 aliphatic carbocycles. The van der Waals surface area contributed by atoms with Gasteiger partial charge in [-0.3, -0.25) is 10.1 Å². The normalized spacial score (nSPS) is 19.1. The molecule has 1 aromatic heterocycles. The van der Waals surface area contributed by atoms with E-state index in [4.69, 9.17) is 5.11 Å². The molecule has 1 aliphatic heterocycles. The van der Waals surface area contributed by atoms with Gasteiger partial charge in [-0.05, 0) is 18.8 Å². The molecule has 0 aromatic carbocycles. The number of aliphatic carboxylic acids is 1. The van der Waals surface area contributed by atoms with Gasteiger partial charge in [-0.15, -0.1) is 11.3 Å². The first-order valence-electron chi connectivity index (χ1n) is 6.71. The third-order valence-electron chi connectivity index (χ3n) is 3.40. The van der Waals surface area contributed by atoms with Gasteiger partial charge in [0.05, 0.1) is 16.3 Å². The van der Waals surface area contributed by atoms with E-state index in [-0.39, 0.29) is 12.6 Å². The first kappa shape index (κ1) is 14.8. The highest BCUT2D eigenvalue weighted by molar-refractivity contribution is 7.10. The molecule has 2 amide bonds. The van der Waals surface area contributed by atoms with Crippen LogP contribution in [0.3, 0.4) is 0 Å². The molecule has 1 aliphatic rings. The summed E-state index contributed by atoms with van der Waals surface area (Å²) in [5, 5.41) is 11.8. The van der Waals surface area contributed by atoms with Gasteiger partial charge in [0.2, 0.25) is 0 Å². The first-order chi connectivity index (χ1) is 9.49. The van der Waals surface area contributed by atoms with Crippen LogP contribution in [0.25, 0.3) is 0 Å². The number of thiazole rings is 1. The molecular weight excluding hydrogens is 278 g/mol. The molecule has 1 fully saturated rings. The van der Waals surface area contributed by atoms with Gasteiger partial charge >= 0.3 is 12.0 Å². The van der Waals surface area contributed by atoms with Crippen molar-refractivity contribution in [1.82, 2.24) is 9.88 Å². The van der Waals surface area contributed by atoms with Crippen molar-refractivity contribution in [2.75, 3.05) is 18.4 Å². The fourth-order valence-corrected chi connectivity index (χ4v) is 3.06. The summed E-state index contributed by atoms with van der Waals surface area (Å²) in [4.78, 5) is 30.0. The number of likely N-dealkylation sites (tertiary alicyclic amines) is 1. The molecule has 20 heavy (non-hydrogen) atoms.